The van der Waals surface area contributed by atoms with Gasteiger partial charge < -0.3 is 5.73 Å². The number of hydrogen-bond donors (Lipinski definition) is 1. The zero-order valence-electron chi connectivity index (χ0n) is 15.4. The summed E-state index contributed by atoms with van der Waals surface area (Å²) in [4.78, 5) is 17.6. The molecule has 23 heavy (non-hydrogen) atoms. The maximum Gasteiger partial charge on any atom is 0.354 e. The van der Waals surface area contributed by atoms with E-state index in [1.165, 1.54) is 18.4 Å². The van der Waals surface area contributed by atoms with Crippen molar-refractivity contribution in [1.29, 1.82) is 0 Å². The second-order valence-corrected chi connectivity index (χ2v) is 5.54. The molecular formula is C16H29N4O2S+. The third-order valence-corrected chi connectivity index (χ3v) is 3.99. The van der Waals surface area contributed by atoms with Gasteiger partial charge in [-0.15, -0.1) is 11.3 Å². The number of nitrogens with two attached hydrogens (primary N) is 1. The Kier molecular flexibility index (Phi) is 9.17. The van der Waals surface area contributed by atoms with Crippen molar-refractivity contribution >= 4 is 22.0 Å². The molecule has 0 bridgehead atoms. The standard InChI is InChI=1S/C12H17N4O2S.2C2H6/c1-7(2)15-6-5-9(14-15)11-8(3)10(12(13)19-11)16(17)18-4;2*1-2/h5-7H,13H2,1-4H3;2*1-2H3/q+1;;. The summed E-state index contributed by atoms with van der Waals surface area (Å²) in [6.45, 7) is 14.0. The highest BCUT2D eigenvalue weighted by molar-refractivity contribution is 7.20. The van der Waals surface area contributed by atoms with Crippen molar-refractivity contribution in [1.82, 2.24) is 9.78 Å². The lowest BCUT2D eigenvalue weighted by molar-refractivity contribution is -0.736. The van der Waals surface area contributed by atoms with Gasteiger partial charge in [0.05, 0.1) is 15.3 Å². The second kappa shape index (κ2) is 9.99. The number of hydrogen-bond acceptors (Lipinski definition) is 5. The Morgan fingerprint density at radius 3 is 2.30 bits per heavy atom. The molecule has 7 heteroatoms. The first kappa shape index (κ1) is 21.1. The summed E-state index contributed by atoms with van der Waals surface area (Å²) >= 11 is 1.34. The maximum absolute atomic E-state index is 11.6. The van der Waals surface area contributed by atoms with Gasteiger partial charge in [-0.1, -0.05) is 27.7 Å². The molecule has 2 rings (SSSR count). The van der Waals surface area contributed by atoms with Gasteiger partial charge in [-0.25, -0.2) is 4.84 Å². The van der Waals surface area contributed by atoms with Gasteiger partial charge in [0, 0.05) is 12.2 Å². The van der Waals surface area contributed by atoms with Crippen molar-refractivity contribution in [3.8, 4) is 10.6 Å². The molecular weight excluding hydrogens is 312 g/mol. The monoisotopic (exact) mass is 341 g/mol. The molecule has 0 aliphatic rings. The van der Waals surface area contributed by atoms with Crippen LogP contribution in [0.25, 0.3) is 10.6 Å². The van der Waals surface area contributed by atoms with E-state index in [1.807, 2.05) is 51.6 Å². The second-order valence-electron chi connectivity index (χ2n) is 4.48. The number of nitrogens with zero attached hydrogens (tertiary/aromatic N) is 3. The van der Waals surface area contributed by atoms with Crippen LogP contribution in [-0.2, 0) is 4.84 Å². The number of thiophene rings is 1. The molecule has 0 aliphatic carbocycles. The van der Waals surface area contributed by atoms with E-state index >= 15 is 0 Å². The molecule has 0 atom stereocenters. The molecule has 0 spiro atoms. The van der Waals surface area contributed by atoms with Gasteiger partial charge in [-0.3, -0.25) is 4.68 Å². The van der Waals surface area contributed by atoms with Crippen molar-refractivity contribution in [3.05, 3.63) is 22.7 Å². The summed E-state index contributed by atoms with van der Waals surface area (Å²) in [5.41, 5.74) is 7.85. The quantitative estimate of drug-likeness (QED) is 0.784. The summed E-state index contributed by atoms with van der Waals surface area (Å²) in [5.74, 6) is 0. The van der Waals surface area contributed by atoms with Gasteiger partial charge in [0.25, 0.3) is 4.92 Å². The predicted octanol–water partition coefficient (Wildman–Crippen LogP) is 5.11. The van der Waals surface area contributed by atoms with E-state index in [0.29, 0.717) is 21.7 Å². The molecule has 2 aromatic rings. The van der Waals surface area contributed by atoms with Gasteiger partial charge in [0.15, 0.2) is 12.1 Å². The number of aromatic nitrogens is 2. The van der Waals surface area contributed by atoms with Crippen LogP contribution in [0.4, 0.5) is 10.7 Å². The van der Waals surface area contributed by atoms with Crippen molar-refractivity contribution < 1.29 is 9.76 Å². The van der Waals surface area contributed by atoms with Crippen LogP contribution in [0.2, 0.25) is 0 Å². The van der Waals surface area contributed by atoms with E-state index < -0.39 is 0 Å². The van der Waals surface area contributed by atoms with Crippen LogP contribution in [0.3, 0.4) is 0 Å². The van der Waals surface area contributed by atoms with E-state index in [-0.39, 0.29) is 0 Å². The molecule has 0 aromatic carbocycles. The molecule has 0 fully saturated rings. The first-order valence-corrected chi connectivity index (χ1v) is 8.73. The fourth-order valence-corrected chi connectivity index (χ4v) is 2.84. The lowest BCUT2D eigenvalue weighted by Gasteiger charge is -2.03. The zero-order chi connectivity index (χ0) is 18.2. The SMILES string of the molecule is CC.CC.CO[N+](=O)c1c(N)sc(-c2ccn(C(C)C)n2)c1C. The molecule has 0 radical (unpaired) electrons. The van der Waals surface area contributed by atoms with Crippen molar-refractivity contribution in [2.24, 2.45) is 0 Å². The summed E-state index contributed by atoms with van der Waals surface area (Å²) in [7, 11) is 1.32. The van der Waals surface area contributed by atoms with Gasteiger partial charge in [-0.2, -0.15) is 5.10 Å². The number of nitrogen functional groups attached to an aromatic ring is 1. The molecule has 2 heterocycles. The van der Waals surface area contributed by atoms with Gasteiger partial charge in [0.1, 0.15) is 5.69 Å². The van der Waals surface area contributed by atoms with E-state index in [0.717, 1.165) is 16.1 Å². The summed E-state index contributed by atoms with van der Waals surface area (Å²) in [6.07, 6.45) is 1.92. The normalized spacial score (nSPS) is 9.61. The predicted molar refractivity (Wildman–Crippen MR) is 98.1 cm³/mol. The Hall–Kier alpha value is -1.89. The molecule has 0 amide bonds. The Labute approximate surface area is 142 Å². The van der Waals surface area contributed by atoms with Gasteiger partial charge in [0.2, 0.25) is 0 Å². The van der Waals surface area contributed by atoms with Crippen LogP contribution in [0.15, 0.2) is 12.3 Å². The van der Waals surface area contributed by atoms with Crippen LogP contribution >= 0.6 is 11.3 Å². The van der Waals surface area contributed by atoms with Crippen molar-refractivity contribution in [2.45, 2.75) is 54.5 Å². The smallest absolute Gasteiger partial charge is 0.354 e. The van der Waals surface area contributed by atoms with Crippen LogP contribution in [-0.4, -0.2) is 21.8 Å². The molecule has 2 aromatic heterocycles. The third kappa shape index (κ3) is 4.79. The minimum Gasteiger partial charge on any atom is -0.385 e. The van der Waals surface area contributed by atoms with Crippen LogP contribution in [0, 0.1) is 11.8 Å². The molecule has 0 saturated heterocycles. The minimum absolute atomic E-state index is 0.292. The van der Waals surface area contributed by atoms with Crippen LogP contribution in [0.1, 0.15) is 53.1 Å². The first-order valence-electron chi connectivity index (χ1n) is 7.91. The van der Waals surface area contributed by atoms with E-state index in [9.17, 15) is 4.91 Å². The zero-order valence-corrected chi connectivity index (χ0v) is 16.2. The first-order chi connectivity index (χ1) is 11.0. The number of anilines is 1. The molecule has 130 valence electrons. The number of rotatable bonds is 4. The molecule has 0 aliphatic heterocycles. The summed E-state index contributed by atoms with van der Waals surface area (Å²) in [5, 5.41) is 4.92. The molecule has 0 saturated carbocycles. The topological polar surface area (TPSA) is 73.2 Å². The molecule has 2 N–H and O–H groups in total. The molecule has 0 unspecified atom stereocenters. The van der Waals surface area contributed by atoms with Crippen molar-refractivity contribution in [3.63, 3.8) is 0 Å². The van der Waals surface area contributed by atoms with Gasteiger partial charge >= 0.3 is 5.69 Å². The Bertz CT molecular complexity index is 618. The van der Waals surface area contributed by atoms with Gasteiger partial charge in [-0.05, 0) is 26.8 Å². The van der Waals surface area contributed by atoms with Crippen LogP contribution in [0.5, 0.6) is 0 Å². The average Bonchev–Trinajstić information content (AvgIpc) is 3.16. The fraction of sp³-hybridized carbons (Fsp3) is 0.562. The van der Waals surface area contributed by atoms with Crippen molar-refractivity contribution in [2.75, 3.05) is 12.8 Å². The third-order valence-electron chi connectivity index (χ3n) is 2.86. The maximum atomic E-state index is 11.6. The highest BCUT2D eigenvalue weighted by atomic mass is 32.1. The highest BCUT2D eigenvalue weighted by Gasteiger charge is 2.29. The summed E-state index contributed by atoms with van der Waals surface area (Å²) < 4.78 is 1.87. The van der Waals surface area contributed by atoms with E-state index in [2.05, 4.69) is 23.8 Å². The Morgan fingerprint density at radius 2 is 1.87 bits per heavy atom. The fourth-order valence-electron chi connectivity index (χ4n) is 1.84. The van der Waals surface area contributed by atoms with Crippen LogP contribution < -0.4 is 5.73 Å². The lowest BCUT2D eigenvalue weighted by Crippen LogP contribution is -2.01. The molecule has 6 nitrogen and oxygen atoms in total. The average molecular weight is 342 g/mol. The Balaban J connectivity index is 0.00000112. The summed E-state index contributed by atoms with van der Waals surface area (Å²) in [6, 6.07) is 2.21. The lowest BCUT2D eigenvalue weighted by atomic mass is 10.2. The largest absolute Gasteiger partial charge is 0.385 e. The van der Waals surface area contributed by atoms with E-state index in [4.69, 9.17) is 5.73 Å². The Morgan fingerprint density at radius 1 is 1.30 bits per heavy atom. The van der Waals surface area contributed by atoms with E-state index in [1.54, 1.807) is 0 Å². The minimum atomic E-state index is 0.292. The highest BCUT2D eigenvalue weighted by Crippen LogP contribution is 2.42.